The van der Waals surface area contributed by atoms with Gasteiger partial charge in [0.1, 0.15) is 0 Å². The van der Waals surface area contributed by atoms with Crippen molar-refractivity contribution in [3.63, 3.8) is 0 Å². The van der Waals surface area contributed by atoms with Gasteiger partial charge in [-0.05, 0) is 26.2 Å². The van der Waals surface area contributed by atoms with Gasteiger partial charge in [-0.3, -0.25) is 0 Å². The van der Waals surface area contributed by atoms with Crippen LogP contribution in [-0.2, 0) is 4.74 Å². The van der Waals surface area contributed by atoms with Crippen LogP contribution < -0.4 is 5.32 Å². The summed E-state index contributed by atoms with van der Waals surface area (Å²) in [6, 6.07) is 0.598. The van der Waals surface area contributed by atoms with Crippen molar-refractivity contribution in [2.45, 2.75) is 44.4 Å². The Kier molecular flexibility index (Phi) is 2.20. The van der Waals surface area contributed by atoms with Crippen LogP contribution in [0.25, 0.3) is 0 Å². The van der Waals surface area contributed by atoms with Crippen molar-refractivity contribution in [1.29, 1.82) is 0 Å². The first-order valence-corrected chi connectivity index (χ1v) is 4.79. The molecule has 12 heavy (non-hydrogen) atoms. The molecule has 2 nitrogen and oxygen atoms in total. The van der Waals surface area contributed by atoms with Crippen molar-refractivity contribution < 1.29 is 4.74 Å². The lowest BCUT2D eigenvalue weighted by Gasteiger charge is -2.19. The summed E-state index contributed by atoms with van der Waals surface area (Å²) < 4.78 is 5.72. The van der Waals surface area contributed by atoms with Gasteiger partial charge in [0.2, 0.25) is 0 Å². The summed E-state index contributed by atoms with van der Waals surface area (Å²) in [6.45, 7) is 6.87. The van der Waals surface area contributed by atoms with Gasteiger partial charge in [-0.1, -0.05) is 12.2 Å². The Bertz CT molecular complexity index is 190. The van der Waals surface area contributed by atoms with Gasteiger partial charge in [-0.2, -0.15) is 0 Å². The largest absolute Gasteiger partial charge is 0.373 e. The molecule has 2 fully saturated rings. The highest BCUT2D eigenvalue weighted by Crippen LogP contribution is 2.34. The molecule has 2 heterocycles. The van der Waals surface area contributed by atoms with E-state index < -0.39 is 0 Å². The van der Waals surface area contributed by atoms with Gasteiger partial charge in [-0.25, -0.2) is 0 Å². The van der Waals surface area contributed by atoms with Crippen LogP contribution in [0.1, 0.15) is 26.2 Å². The molecule has 0 radical (unpaired) electrons. The van der Waals surface area contributed by atoms with E-state index in [1.165, 1.54) is 24.8 Å². The molecule has 0 aromatic carbocycles. The first-order chi connectivity index (χ1) is 5.75. The van der Waals surface area contributed by atoms with Crippen LogP contribution in [0.15, 0.2) is 12.2 Å². The molecule has 0 aromatic rings. The van der Waals surface area contributed by atoms with Crippen molar-refractivity contribution in [3.05, 3.63) is 12.2 Å². The molecular formula is C10H17NO. The van der Waals surface area contributed by atoms with Gasteiger partial charge in [-0.15, -0.1) is 0 Å². The van der Waals surface area contributed by atoms with Crippen molar-refractivity contribution >= 4 is 0 Å². The lowest BCUT2D eigenvalue weighted by Crippen LogP contribution is -2.38. The lowest BCUT2D eigenvalue weighted by molar-refractivity contribution is 0.0978. The molecule has 2 saturated heterocycles. The summed E-state index contributed by atoms with van der Waals surface area (Å²) in [5, 5.41) is 3.49. The van der Waals surface area contributed by atoms with E-state index in [1.807, 2.05) is 0 Å². The third kappa shape index (κ3) is 1.54. The first kappa shape index (κ1) is 8.27. The molecule has 2 heteroatoms. The summed E-state index contributed by atoms with van der Waals surface area (Å²) in [5.74, 6) is 0. The lowest BCUT2D eigenvalue weighted by atomic mass is 9.95. The fourth-order valence-corrected chi connectivity index (χ4v) is 2.16. The molecular weight excluding hydrogens is 150 g/mol. The fraction of sp³-hybridized carbons (Fsp3) is 0.800. The van der Waals surface area contributed by atoms with Crippen LogP contribution in [0.4, 0.5) is 0 Å². The van der Waals surface area contributed by atoms with Crippen molar-refractivity contribution in [1.82, 2.24) is 5.32 Å². The Labute approximate surface area is 74.0 Å². The maximum atomic E-state index is 5.72. The maximum Gasteiger partial charge on any atom is 0.0733 e. The number of nitrogens with one attached hydrogen (secondary N) is 1. The SMILES string of the molecule is C=C(C)CNC1CC2CCC1O2. The summed E-state index contributed by atoms with van der Waals surface area (Å²) in [6.07, 6.45) is 4.78. The van der Waals surface area contributed by atoms with Crippen molar-refractivity contribution in [3.8, 4) is 0 Å². The molecule has 0 amide bonds. The minimum atomic E-state index is 0.495. The van der Waals surface area contributed by atoms with Gasteiger partial charge in [0, 0.05) is 12.6 Å². The molecule has 1 N–H and O–H groups in total. The zero-order chi connectivity index (χ0) is 8.55. The fourth-order valence-electron chi connectivity index (χ4n) is 2.16. The Hall–Kier alpha value is -0.340. The maximum absolute atomic E-state index is 5.72. The average molecular weight is 167 g/mol. The molecule has 0 spiro atoms. The monoisotopic (exact) mass is 167 g/mol. The zero-order valence-electron chi connectivity index (χ0n) is 7.68. The van der Waals surface area contributed by atoms with Crippen LogP contribution in [-0.4, -0.2) is 24.8 Å². The molecule has 3 unspecified atom stereocenters. The third-order valence-electron chi connectivity index (χ3n) is 2.77. The summed E-state index contributed by atoms with van der Waals surface area (Å²) in [4.78, 5) is 0. The number of fused-ring (bicyclic) bond motifs is 2. The molecule has 2 bridgehead atoms. The predicted octanol–water partition coefficient (Wildman–Crippen LogP) is 1.47. The number of hydrogen-bond donors (Lipinski definition) is 1. The number of ether oxygens (including phenoxy) is 1. The molecule has 0 aliphatic carbocycles. The minimum Gasteiger partial charge on any atom is -0.373 e. The Balaban J connectivity index is 1.79. The second-order valence-corrected chi connectivity index (χ2v) is 4.05. The highest BCUT2D eigenvalue weighted by molar-refractivity contribution is 4.98. The normalized spacial score (nSPS) is 38.9. The highest BCUT2D eigenvalue weighted by atomic mass is 16.5. The van der Waals surface area contributed by atoms with Crippen LogP contribution in [0.3, 0.4) is 0 Å². The molecule has 68 valence electrons. The minimum absolute atomic E-state index is 0.495. The topological polar surface area (TPSA) is 21.3 Å². The summed E-state index contributed by atoms with van der Waals surface area (Å²) in [5.41, 5.74) is 1.21. The second-order valence-electron chi connectivity index (χ2n) is 4.05. The summed E-state index contributed by atoms with van der Waals surface area (Å²) in [7, 11) is 0. The molecule has 0 saturated carbocycles. The van der Waals surface area contributed by atoms with E-state index in [9.17, 15) is 0 Å². The van der Waals surface area contributed by atoms with Gasteiger partial charge in [0.25, 0.3) is 0 Å². The van der Waals surface area contributed by atoms with Gasteiger partial charge >= 0.3 is 0 Å². The van der Waals surface area contributed by atoms with Crippen molar-refractivity contribution in [2.24, 2.45) is 0 Å². The molecule has 3 atom stereocenters. The Morgan fingerprint density at radius 3 is 2.92 bits per heavy atom. The van der Waals surface area contributed by atoms with E-state index >= 15 is 0 Å². The van der Waals surface area contributed by atoms with E-state index in [0.717, 1.165) is 6.54 Å². The molecule has 2 rings (SSSR count). The standard InChI is InChI=1S/C10H17NO/c1-7(2)6-11-9-5-8-3-4-10(9)12-8/h8-11H,1,3-6H2,2H3. The van der Waals surface area contributed by atoms with Crippen LogP contribution >= 0.6 is 0 Å². The van der Waals surface area contributed by atoms with Gasteiger partial charge in [0.15, 0.2) is 0 Å². The van der Waals surface area contributed by atoms with E-state index in [0.29, 0.717) is 18.2 Å². The van der Waals surface area contributed by atoms with E-state index in [2.05, 4.69) is 18.8 Å². The predicted molar refractivity (Wildman–Crippen MR) is 49.1 cm³/mol. The molecule has 2 aliphatic rings. The molecule has 2 aliphatic heterocycles. The number of hydrogen-bond acceptors (Lipinski definition) is 2. The van der Waals surface area contributed by atoms with Crippen molar-refractivity contribution in [2.75, 3.05) is 6.54 Å². The Morgan fingerprint density at radius 2 is 2.42 bits per heavy atom. The van der Waals surface area contributed by atoms with Crippen LogP contribution in [0, 0.1) is 0 Å². The van der Waals surface area contributed by atoms with E-state index in [4.69, 9.17) is 4.74 Å². The van der Waals surface area contributed by atoms with Gasteiger partial charge < -0.3 is 10.1 Å². The first-order valence-electron chi connectivity index (χ1n) is 4.79. The molecule has 0 aromatic heterocycles. The summed E-state index contributed by atoms with van der Waals surface area (Å²) >= 11 is 0. The van der Waals surface area contributed by atoms with Crippen LogP contribution in [0.2, 0.25) is 0 Å². The van der Waals surface area contributed by atoms with E-state index in [-0.39, 0.29) is 0 Å². The van der Waals surface area contributed by atoms with Gasteiger partial charge in [0.05, 0.1) is 12.2 Å². The third-order valence-corrected chi connectivity index (χ3v) is 2.77. The number of rotatable bonds is 3. The highest BCUT2D eigenvalue weighted by Gasteiger charge is 2.40. The smallest absolute Gasteiger partial charge is 0.0733 e. The average Bonchev–Trinajstić information content (AvgIpc) is 2.60. The Morgan fingerprint density at radius 1 is 1.58 bits per heavy atom. The quantitative estimate of drug-likeness (QED) is 0.643. The second kappa shape index (κ2) is 3.19. The van der Waals surface area contributed by atoms with E-state index in [1.54, 1.807) is 0 Å². The zero-order valence-corrected chi connectivity index (χ0v) is 7.68. The van der Waals surface area contributed by atoms with Crippen LogP contribution in [0.5, 0.6) is 0 Å².